The number of carbonyl (C=O) groups is 3. The van der Waals surface area contributed by atoms with E-state index < -0.39 is 0 Å². The van der Waals surface area contributed by atoms with E-state index in [9.17, 15) is 14.4 Å². The maximum atomic E-state index is 13.1. The first-order valence-corrected chi connectivity index (χ1v) is 12.5. The van der Waals surface area contributed by atoms with Gasteiger partial charge in [0.15, 0.2) is 6.61 Å². The summed E-state index contributed by atoms with van der Waals surface area (Å²) in [5.74, 6) is 0.933. The number of amides is 3. The van der Waals surface area contributed by atoms with Gasteiger partial charge in [-0.3, -0.25) is 14.4 Å². The smallest absolute Gasteiger partial charge is 0.262 e. The van der Waals surface area contributed by atoms with Crippen molar-refractivity contribution in [2.24, 2.45) is 0 Å². The molecule has 8 nitrogen and oxygen atoms in total. The molecule has 3 aliphatic heterocycles. The number of nitrogens with zero attached hydrogens (tertiary/aromatic N) is 1. The van der Waals surface area contributed by atoms with Crippen LogP contribution in [0.3, 0.4) is 0 Å². The average molecular weight is 498 g/mol. The topological polar surface area (TPSA) is 97.0 Å². The molecule has 3 aromatic carbocycles. The fourth-order valence-electron chi connectivity index (χ4n) is 5.38. The predicted octanol–water partition coefficient (Wildman–Crippen LogP) is 4.15. The first-order valence-electron chi connectivity index (χ1n) is 12.5. The Morgan fingerprint density at radius 2 is 1.89 bits per heavy atom. The minimum Gasteiger partial charge on any atom is -0.487 e. The second-order valence-electron chi connectivity index (χ2n) is 9.80. The molecule has 1 saturated heterocycles. The van der Waals surface area contributed by atoms with Crippen LogP contribution in [-0.4, -0.2) is 48.4 Å². The molecular formula is C29H27N3O5. The van der Waals surface area contributed by atoms with E-state index in [1.165, 1.54) is 0 Å². The van der Waals surface area contributed by atoms with Gasteiger partial charge in [-0.15, -0.1) is 0 Å². The SMILES string of the molecule is CC(CC(=O)N1CC2Oc3cccc(NC(=O)c4ccc5c(c4)NC(=O)CO5)c3C2C1)c1ccccc1. The fourth-order valence-corrected chi connectivity index (χ4v) is 5.38. The molecule has 3 unspecified atom stereocenters. The summed E-state index contributed by atoms with van der Waals surface area (Å²) in [7, 11) is 0. The highest BCUT2D eigenvalue weighted by molar-refractivity contribution is 6.06. The standard InChI is InChI=1S/C29H27N3O5/c1-17(18-6-3-2-4-7-18)12-27(34)32-14-20-25(15-32)37-24-9-5-8-21(28(20)24)31-29(35)19-10-11-23-22(13-19)30-26(33)16-36-23/h2-11,13,17,20,25H,12,14-16H2,1H3,(H,30,33)(H,31,35). The van der Waals surface area contributed by atoms with Crippen molar-refractivity contribution in [1.29, 1.82) is 0 Å². The molecule has 0 bridgehead atoms. The van der Waals surface area contributed by atoms with E-state index in [4.69, 9.17) is 9.47 Å². The van der Waals surface area contributed by atoms with Gasteiger partial charge in [0, 0.05) is 35.7 Å². The number of hydrogen-bond donors (Lipinski definition) is 2. The molecule has 0 saturated carbocycles. The van der Waals surface area contributed by atoms with Gasteiger partial charge in [0.1, 0.15) is 17.6 Å². The molecule has 1 fully saturated rings. The van der Waals surface area contributed by atoms with Crippen LogP contribution in [-0.2, 0) is 9.59 Å². The Morgan fingerprint density at radius 1 is 1.05 bits per heavy atom. The minimum absolute atomic E-state index is 0.0151. The van der Waals surface area contributed by atoms with Crippen LogP contribution in [0.4, 0.5) is 11.4 Å². The van der Waals surface area contributed by atoms with Crippen LogP contribution in [0.15, 0.2) is 66.7 Å². The quantitative estimate of drug-likeness (QED) is 0.552. The van der Waals surface area contributed by atoms with Crippen LogP contribution in [0.1, 0.15) is 46.7 Å². The molecule has 3 aromatic rings. The minimum atomic E-state index is -0.304. The highest BCUT2D eigenvalue weighted by Gasteiger charge is 2.45. The highest BCUT2D eigenvalue weighted by atomic mass is 16.5. The summed E-state index contributed by atoms with van der Waals surface area (Å²) in [5, 5.41) is 5.74. The molecule has 0 spiro atoms. The zero-order chi connectivity index (χ0) is 25.5. The second kappa shape index (κ2) is 9.28. The van der Waals surface area contributed by atoms with Crippen molar-refractivity contribution in [2.75, 3.05) is 30.3 Å². The third kappa shape index (κ3) is 4.39. The van der Waals surface area contributed by atoms with Crippen LogP contribution < -0.4 is 20.1 Å². The molecule has 3 aliphatic rings. The maximum Gasteiger partial charge on any atom is 0.262 e. The molecule has 3 amide bonds. The summed E-state index contributed by atoms with van der Waals surface area (Å²) in [6, 6.07) is 20.6. The molecule has 3 atom stereocenters. The van der Waals surface area contributed by atoms with Gasteiger partial charge in [0.2, 0.25) is 5.91 Å². The summed E-state index contributed by atoms with van der Waals surface area (Å²) < 4.78 is 11.6. The highest BCUT2D eigenvalue weighted by Crippen LogP contribution is 2.46. The lowest BCUT2D eigenvalue weighted by Gasteiger charge is -2.21. The largest absolute Gasteiger partial charge is 0.487 e. The number of carbonyl (C=O) groups excluding carboxylic acids is 3. The lowest BCUT2D eigenvalue weighted by molar-refractivity contribution is -0.130. The third-order valence-electron chi connectivity index (χ3n) is 7.31. The number of ether oxygens (including phenoxy) is 2. The van der Waals surface area contributed by atoms with Gasteiger partial charge in [-0.1, -0.05) is 43.3 Å². The molecule has 37 heavy (non-hydrogen) atoms. The van der Waals surface area contributed by atoms with Crippen LogP contribution in [0.25, 0.3) is 0 Å². The monoisotopic (exact) mass is 497 g/mol. The van der Waals surface area contributed by atoms with Crippen molar-refractivity contribution in [3.05, 3.63) is 83.4 Å². The summed E-state index contributed by atoms with van der Waals surface area (Å²) in [6.07, 6.45) is 0.299. The Morgan fingerprint density at radius 3 is 2.73 bits per heavy atom. The number of benzene rings is 3. The van der Waals surface area contributed by atoms with E-state index in [1.54, 1.807) is 18.2 Å². The first-order chi connectivity index (χ1) is 18.0. The molecule has 3 heterocycles. The third-order valence-corrected chi connectivity index (χ3v) is 7.31. The molecule has 2 N–H and O–H groups in total. The van der Waals surface area contributed by atoms with Crippen LogP contribution in [0.5, 0.6) is 11.5 Å². The predicted molar refractivity (Wildman–Crippen MR) is 138 cm³/mol. The van der Waals surface area contributed by atoms with E-state index in [0.29, 0.717) is 42.2 Å². The van der Waals surface area contributed by atoms with Gasteiger partial charge in [0.05, 0.1) is 12.2 Å². The maximum absolute atomic E-state index is 13.1. The molecule has 188 valence electrons. The summed E-state index contributed by atoms with van der Waals surface area (Å²) in [6.45, 7) is 3.11. The van der Waals surface area contributed by atoms with Crippen LogP contribution in [0, 0.1) is 0 Å². The normalized spacial score (nSPS) is 20.0. The molecule has 0 aliphatic carbocycles. The molecular weight excluding hydrogens is 470 g/mol. The van der Waals surface area contributed by atoms with Crippen LogP contribution in [0.2, 0.25) is 0 Å². The van der Waals surface area contributed by atoms with Gasteiger partial charge in [0.25, 0.3) is 11.8 Å². The number of rotatable bonds is 5. The summed E-state index contributed by atoms with van der Waals surface area (Å²) >= 11 is 0. The van der Waals surface area contributed by atoms with Gasteiger partial charge in [-0.05, 0) is 41.8 Å². The van der Waals surface area contributed by atoms with E-state index >= 15 is 0 Å². The van der Waals surface area contributed by atoms with Gasteiger partial charge in [-0.2, -0.15) is 0 Å². The van der Waals surface area contributed by atoms with E-state index in [0.717, 1.165) is 16.9 Å². The van der Waals surface area contributed by atoms with Crippen molar-refractivity contribution in [3.8, 4) is 11.5 Å². The van der Waals surface area contributed by atoms with Gasteiger partial charge >= 0.3 is 0 Å². The molecule has 0 aromatic heterocycles. The zero-order valence-electron chi connectivity index (χ0n) is 20.4. The summed E-state index contributed by atoms with van der Waals surface area (Å²) in [4.78, 5) is 39.8. The number of fused-ring (bicyclic) bond motifs is 4. The molecule has 8 heteroatoms. The van der Waals surface area contributed by atoms with E-state index in [1.807, 2.05) is 41.3 Å². The molecule has 0 radical (unpaired) electrons. The lowest BCUT2D eigenvalue weighted by Crippen LogP contribution is -2.31. The second-order valence-corrected chi connectivity index (χ2v) is 9.80. The van der Waals surface area contributed by atoms with E-state index in [2.05, 4.69) is 29.7 Å². The van der Waals surface area contributed by atoms with Gasteiger partial charge in [-0.25, -0.2) is 0 Å². The number of hydrogen-bond acceptors (Lipinski definition) is 5. The first kappa shape index (κ1) is 23.1. The zero-order valence-corrected chi connectivity index (χ0v) is 20.4. The van der Waals surface area contributed by atoms with Crippen molar-refractivity contribution in [2.45, 2.75) is 31.3 Å². The number of nitrogens with one attached hydrogen (secondary N) is 2. The summed E-state index contributed by atoms with van der Waals surface area (Å²) in [5.41, 5.74) is 3.60. The van der Waals surface area contributed by atoms with Crippen molar-refractivity contribution < 1.29 is 23.9 Å². The molecule has 6 rings (SSSR count). The fraction of sp³-hybridized carbons (Fsp3) is 0.276. The number of anilines is 2. The van der Waals surface area contributed by atoms with Crippen molar-refractivity contribution in [3.63, 3.8) is 0 Å². The lowest BCUT2D eigenvalue weighted by atomic mass is 9.96. The van der Waals surface area contributed by atoms with Crippen molar-refractivity contribution >= 4 is 29.1 Å². The Balaban J connectivity index is 1.17. The Labute approximate surface area is 214 Å². The van der Waals surface area contributed by atoms with Crippen molar-refractivity contribution in [1.82, 2.24) is 4.90 Å². The Bertz CT molecular complexity index is 1390. The van der Waals surface area contributed by atoms with Crippen LogP contribution >= 0.6 is 0 Å². The van der Waals surface area contributed by atoms with E-state index in [-0.39, 0.29) is 42.3 Å². The Hall–Kier alpha value is -4.33. The average Bonchev–Trinajstić information content (AvgIpc) is 3.47. The van der Waals surface area contributed by atoms with Gasteiger partial charge < -0.3 is 25.0 Å². The Kier molecular flexibility index (Phi) is 5.79. The number of likely N-dealkylation sites (tertiary alicyclic amines) is 1.